The minimum atomic E-state index is -0.597. The van der Waals surface area contributed by atoms with E-state index in [4.69, 9.17) is 0 Å². The van der Waals surface area contributed by atoms with Gasteiger partial charge in [0.15, 0.2) is 0 Å². The Kier molecular flexibility index (Phi) is 5.79. The summed E-state index contributed by atoms with van der Waals surface area (Å²) >= 11 is 0. The van der Waals surface area contributed by atoms with E-state index in [0.717, 1.165) is 56.2 Å². The lowest BCUT2D eigenvalue weighted by atomic mass is 9.78. The molecule has 1 fully saturated rings. The van der Waals surface area contributed by atoms with Crippen molar-refractivity contribution in [2.24, 2.45) is 5.92 Å². The molecule has 5 nitrogen and oxygen atoms in total. The minimum Gasteiger partial charge on any atom is -0.388 e. The summed E-state index contributed by atoms with van der Waals surface area (Å²) < 4.78 is 0. The van der Waals surface area contributed by atoms with Crippen LogP contribution in [0.15, 0.2) is 12.4 Å². The van der Waals surface area contributed by atoms with Crippen LogP contribution < -0.4 is 10.6 Å². The SMILES string of the molecule is CCCNc1cncc(NCC2(O)CCC(CC)CC2)n1. The summed E-state index contributed by atoms with van der Waals surface area (Å²) in [4.78, 5) is 8.64. The lowest BCUT2D eigenvalue weighted by Gasteiger charge is -2.36. The Morgan fingerprint density at radius 3 is 2.48 bits per heavy atom. The van der Waals surface area contributed by atoms with Gasteiger partial charge in [0.25, 0.3) is 0 Å². The average molecular weight is 292 g/mol. The topological polar surface area (TPSA) is 70.1 Å². The maximum Gasteiger partial charge on any atom is 0.147 e. The van der Waals surface area contributed by atoms with E-state index in [1.807, 2.05) is 0 Å². The maximum absolute atomic E-state index is 10.6. The fourth-order valence-electron chi connectivity index (χ4n) is 2.84. The summed E-state index contributed by atoms with van der Waals surface area (Å²) in [5, 5.41) is 17.1. The molecule has 1 heterocycles. The van der Waals surface area contributed by atoms with Gasteiger partial charge in [-0.2, -0.15) is 0 Å². The predicted octanol–water partition coefficient (Wildman–Crippen LogP) is 3.04. The first kappa shape index (κ1) is 16.0. The van der Waals surface area contributed by atoms with E-state index < -0.39 is 5.60 Å². The van der Waals surface area contributed by atoms with Gasteiger partial charge in [0.2, 0.25) is 0 Å². The molecule has 3 N–H and O–H groups in total. The maximum atomic E-state index is 10.6. The van der Waals surface area contributed by atoms with Gasteiger partial charge in [0.1, 0.15) is 11.6 Å². The second-order valence-electron chi connectivity index (χ2n) is 6.15. The molecule has 1 saturated carbocycles. The number of anilines is 2. The van der Waals surface area contributed by atoms with Crippen molar-refractivity contribution >= 4 is 11.6 Å². The molecular weight excluding hydrogens is 264 g/mol. The summed E-state index contributed by atoms with van der Waals surface area (Å²) in [6, 6.07) is 0. The second-order valence-corrected chi connectivity index (χ2v) is 6.15. The van der Waals surface area contributed by atoms with E-state index in [-0.39, 0.29) is 0 Å². The molecule has 0 bridgehead atoms. The number of rotatable bonds is 7. The Morgan fingerprint density at radius 2 is 1.86 bits per heavy atom. The van der Waals surface area contributed by atoms with Crippen molar-refractivity contribution in [1.82, 2.24) is 9.97 Å². The normalized spacial score (nSPS) is 25.6. The van der Waals surface area contributed by atoms with E-state index in [2.05, 4.69) is 34.4 Å². The molecule has 0 atom stereocenters. The molecule has 0 amide bonds. The van der Waals surface area contributed by atoms with Gasteiger partial charge in [-0.15, -0.1) is 0 Å². The van der Waals surface area contributed by atoms with Gasteiger partial charge >= 0.3 is 0 Å². The molecule has 21 heavy (non-hydrogen) atoms. The molecule has 0 spiro atoms. The number of hydrogen-bond acceptors (Lipinski definition) is 5. The largest absolute Gasteiger partial charge is 0.388 e. The van der Waals surface area contributed by atoms with Gasteiger partial charge in [0.05, 0.1) is 18.0 Å². The molecule has 1 aliphatic carbocycles. The molecule has 1 aliphatic rings. The van der Waals surface area contributed by atoms with Gasteiger partial charge in [-0.3, -0.25) is 4.98 Å². The number of nitrogens with zero attached hydrogens (tertiary/aromatic N) is 2. The van der Waals surface area contributed by atoms with Crippen molar-refractivity contribution < 1.29 is 5.11 Å². The van der Waals surface area contributed by atoms with Crippen molar-refractivity contribution in [2.75, 3.05) is 23.7 Å². The van der Waals surface area contributed by atoms with E-state index >= 15 is 0 Å². The molecule has 0 unspecified atom stereocenters. The Labute approximate surface area is 127 Å². The van der Waals surface area contributed by atoms with Crippen LogP contribution in [-0.4, -0.2) is 33.8 Å². The molecule has 0 aromatic carbocycles. The van der Waals surface area contributed by atoms with Gasteiger partial charge < -0.3 is 15.7 Å². The van der Waals surface area contributed by atoms with Crippen LogP contribution in [0.5, 0.6) is 0 Å². The number of nitrogens with one attached hydrogen (secondary N) is 2. The van der Waals surface area contributed by atoms with Gasteiger partial charge in [-0.1, -0.05) is 20.3 Å². The summed E-state index contributed by atoms with van der Waals surface area (Å²) in [7, 11) is 0. The van der Waals surface area contributed by atoms with E-state index in [9.17, 15) is 5.11 Å². The molecule has 1 aromatic heterocycles. The van der Waals surface area contributed by atoms with E-state index in [1.54, 1.807) is 12.4 Å². The highest BCUT2D eigenvalue weighted by molar-refractivity contribution is 5.41. The molecule has 2 rings (SSSR count). The number of hydrogen-bond donors (Lipinski definition) is 3. The Hall–Kier alpha value is -1.36. The molecule has 5 heteroatoms. The quantitative estimate of drug-likeness (QED) is 0.720. The van der Waals surface area contributed by atoms with Crippen molar-refractivity contribution in [3.05, 3.63) is 12.4 Å². The highest BCUT2D eigenvalue weighted by Gasteiger charge is 2.32. The Balaban J connectivity index is 1.85. The lowest BCUT2D eigenvalue weighted by molar-refractivity contribution is 0.00223. The first-order chi connectivity index (χ1) is 10.1. The molecule has 0 saturated heterocycles. The smallest absolute Gasteiger partial charge is 0.147 e. The fraction of sp³-hybridized carbons (Fsp3) is 0.750. The average Bonchev–Trinajstić information content (AvgIpc) is 2.52. The van der Waals surface area contributed by atoms with Crippen LogP contribution in [-0.2, 0) is 0 Å². The highest BCUT2D eigenvalue weighted by atomic mass is 16.3. The minimum absolute atomic E-state index is 0.551. The zero-order valence-electron chi connectivity index (χ0n) is 13.2. The second kappa shape index (κ2) is 7.59. The van der Waals surface area contributed by atoms with Crippen molar-refractivity contribution in [3.8, 4) is 0 Å². The summed E-state index contributed by atoms with van der Waals surface area (Å²) in [5.74, 6) is 2.29. The molecule has 0 radical (unpaired) electrons. The molecule has 1 aromatic rings. The Morgan fingerprint density at radius 1 is 1.19 bits per heavy atom. The number of aliphatic hydroxyl groups is 1. The summed E-state index contributed by atoms with van der Waals surface area (Å²) in [6.45, 7) is 5.79. The summed E-state index contributed by atoms with van der Waals surface area (Å²) in [5.41, 5.74) is -0.597. The highest BCUT2D eigenvalue weighted by Crippen LogP contribution is 2.33. The first-order valence-corrected chi connectivity index (χ1v) is 8.17. The summed E-state index contributed by atoms with van der Waals surface area (Å²) in [6.07, 6.45) is 9.70. The van der Waals surface area contributed by atoms with E-state index in [1.165, 1.54) is 6.42 Å². The third kappa shape index (κ3) is 4.84. The van der Waals surface area contributed by atoms with Crippen LogP contribution in [0.4, 0.5) is 11.6 Å². The molecular formula is C16H28N4O. The number of aromatic nitrogens is 2. The van der Waals surface area contributed by atoms with Crippen LogP contribution in [0, 0.1) is 5.92 Å². The third-order valence-electron chi connectivity index (χ3n) is 4.40. The van der Waals surface area contributed by atoms with Crippen molar-refractivity contribution in [2.45, 2.75) is 58.0 Å². The fourth-order valence-corrected chi connectivity index (χ4v) is 2.84. The third-order valence-corrected chi connectivity index (χ3v) is 4.40. The van der Waals surface area contributed by atoms with Crippen LogP contribution in [0.3, 0.4) is 0 Å². The van der Waals surface area contributed by atoms with Crippen LogP contribution in [0.25, 0.3) is 0 Å². The van der Waals surface area contributed by atoms with Crippen molar-refractivity contribution in [1.29, 1.82) is 0 Å². The molecule has 118 valence electrons. The monoisotopic (exact) mass is 292 g/mol. The van der Waals surface area contributed by atoms with Gasteiger partial charge in [0, 0.05) is 13.1 Å². The first-order valence-electron chi connectivity index (χ1n) is 8.17. The molecule has 0 aliphatic heterocycles. The van der Waals surface area contributed by atoms with Crippen LogP contribution in [0.2, 0.25) is 0 Å². The van der Waals surface area contributed by atoms with Gasteiger partial charge in [-0.05, 0) is 38.0 Å². The van der Waals surface area contributed by atoms with E-state index in [0.29, 0.717) is 6.54 Å². The van der Waals surface area contributed by atoms with Crippen LogP contribution in [0.1, 0.15) is 52.4 Å². The van der Waals surface area contributed by atoms with Crippen molar-refractivity contribution in [3.63, 3.8) is 0 Å². The standard InChI is InChI=1S/C16H28N4O/c1-3-9-18-14-10-17-11-15(20-14)19-12-16(21)7-5-13(4-2)6-8-16/h10-11,13,21H,3-9,12H2,1-2H3,(H2,18,19,20). The zero-order valence-corrected chi connectivity index (χ0v) is 13.2. The van der Waals surface area contributed by atoms with Gasteiger partial charge in [-0.25, -0.2) is 4.98 Å². The van der Waals surface area contributed by atoms with Crippen LogP contribution >= 0.6 is 0 Å². The lowest BCUT2D eigenvalue weighted by Crippen LogP contribution is -2.40. The zero-order chi connectivity index (χ0) is 15.1. The Bertz CT molecular complexity index is 430. The predicted molar refractivity (Wildman–Crippen MR) is 86.5 cm³/mol.